The van der Waals surface area contributed by atoms with Crippen LogP contribution >= 0.6 is 0 Å². The molecule has 0 radical (unpaired) electrons. The summed E-state index contributed by atoms with van der Waals surface area (Å²) in [7, 11) is 0. The van der Waals surface area contributed by atoms with E-state index in [-0.39, 0.29) is 12.0 Å². The summed E-state index contributed by atoms with van der Waals surface area (Å²) in [4.78, 5) is 12.4. The van der Waals surface area contributed by atoms with Crippen LogP contribution in [0.4, 0.5) is 0 Å². The molecule has 0 bridgehead atoms. The number of carbonyl (C=O) groups is 1. The number of aromatic nitrogens is 3. The first-order chi connectivity index (χ1) is 12.2. The largest absolute Gasteiger partial charge is 0.465 e. The third-order valence-corrected chi connectivity index (χ3v) is 4.20. The Bertz CT molecular complexity index is 885. The molecule has 3 aromatic rings. The van der Waals surface area contributed by atoms with E-state index in [2.05, 4.69) is 15.6 Å². The van der Waals surface area contributed by atoms with Crippen LogP contribution in [0.25, 0.3) is 0 Å². The van der Waals surface area contributed by atoms with Crippen molar-refractivity contribution < 1.29 is 13.9 Å². The van der Waals surface area contributed by atoms with Crippen molar-refractivity contribution in [3.05, 3.63) is 70.9 Å². The van der Waals surface area contributed by atoms with Gasteiger partial charge in [0.2, 0.25) is 0 Å². The van der Waals surface area contributed by atoms with E-state index in [0.717, 1.165) is 11.3 Å². The molecule has 1 aromatic carbocycles. The average Bonchev–Trinajstić information content (AvgIpc) is 3.26. The highest BCUT2D eigenvalue weighted by atomic mass is 16.5. The molecule has 7 nitrogen and oxygen atoms in total. The molecule has 7 heteroatoms. The molecule has 1 unspecified atom stereocenters. The summed E-state index contributed by atoms with van der Waals surface area (Å²) in [6, 6.07) is 13.7. The van der Waals surface area contributed by atoms with Crippen LogP contribution < -0.4 is 5.32 Å². The lowest BCUT2D eigenvalue weighted by molar-refractivity contribution is -0.00177. The van der Waals surface area contributed by atoms with Crippen molar-refractivity contribution in [3.8, 4) is 0 Å². The Morgan fingerprint density at radius 2 is 2.12 bits per heavy atom. The van der Waals surface area contributed by atoms with Gasteiger partial charge in [0.1, 0.15) is 17.6 Å². The first-order valence-corrected chi connectivity index (χ1v) is 8.13. The van der Waals surface area contributed by atoms with Crippen LogP contribution in [0.1, 0.15) is 39.4 Å². The number of nitrogens with zero attached hydrogens (tertiary/aromatic N) is 3. The Labute approximate surface area is 144 Å². The lowest BCUT2D eigenvalue weighted by Crippen LogP contribution is -2.27. The summed E-state index contributed by atoms with van der Waals surface area (Å²) in [5.74, 6) is 1.23. The molecular formula is C18H18N4O3. The van der Waals surface area contributed by atoms with E-state index in [1.54, 1.807) is 4.68 Å². The van der Waals surface area contributed by atoms with E-state index in [9.17, 15) is 4.79 Å². The van der Waals surface area contributed by atoms with Gasteiger partial charge in [-0.05, 0) is 24.6 Å². The fourth-order valence-corrected chi connectivity index (χ4v) is 2.89. The Kier molecular flexibility index (Phi) is 4.07. The summed E-state index contributed by atoms with van der Waals surface area (Å²) in [5.41, 5.74) is 2.08. The van der Waals surface area contributed by atoms with Crippen molar-refractivity contribution in [2.24, 2.45) is 0 Å². The molecule has 3 heterocycles. The van der Waals surface area contributed by atoms with Crippen LogP contribution in [0.5, 0.6) is 0 Å². The number of hydrogen-bond acceptors (Lipinski definition) is 5. The van der Waals surface area contributed by atoms with Gasteiger partial charge in [-0.15, -0.1) is 5.10 Å². The minimum atomic E-state index is -0.280. The van der Waals surface area contributed by atoms with E-state index in [1.165, 1.54) is 0 Å². The summed E-state index contributed by atoms with van der Waals surface area (Å²) in [6.07, 6.45) is -0.0857. The normalized spacial score (nSPS) is 16.4. The standard InChI is InChI=1S/C18H18N4O3/c1-12-7-8-14(25-12)9-19-18(23)17-15-11-24-16(10-22(15)21-20-17)13-5-3-2-4-6-13/h2-8,16H,9-11H2,1H3,(H,19,23). The summed E-state index contributed by atoms with van der Waals surface area (Å²) >= 11 is 0. The van der Waals surface area contributed by atoms with Gasteiger partial charge in [-0.2, -0.15) is 0 Å². The Morgan fingerprint density at radius 3 is 2.88 bits per heavy atom. The lowest BCUT2D eigenvalue weighted by atomic mass is 10.1. The van der Waals surface area contributed by atoms with Gasteiger partial charge in [0, 0.05) is 0 Å². The van der Waals surface area contributed by atoms with Crippen molar-refractivity contribution >= 4 is 5.91 Å². The van der Waals surface area contributed by atoms with E-state index in [4.69, 9.17) is 9.15 Å². The molecule has 0 aliphatic carbocycles. The zero-order valence-corrected chi connectivity index (χ0v) is 13.8. The third-order valence-electron chi connectivity index (χ3n) is 4.20. The monoisotopic (exact) mass is 338 g/mol. The number of fused-ring (bicyclic) bond motifs is 1. The maximum absolute atomic E-state index is 12.4. The van der Waals surface area contributed by atoms with Crippen LogP contribution in [-0.2, 0) is 24.4 Å². The number of aryl methyl sites for hydroxylation is 1. The minimum absolute atomic E-state index is 0.0857. The van der Waals surface area contributed by atoms with Gasteiger partial charge in [-0.1, -0.05) is 35.5 Å². The second kappa shape index (κ2) is 6.52. The molecule has 25 heavy (non-hydrogen) atoms. The van der Waals surface area contributed by atoms with Crippen molar-refractivity contribution in [1.82, 2.24) is 20.3 Å². The van der Waals surface area contributed by atoms with Gasteiger partial charge < -0.3 is 14.5 Å². The maximum atomic E-state index is 12.4. The third kappa shape index (κ3) is 3.18. The van der Waals surface area contributed by atoms with E-state index < -0.39 is 0 Å². The molecule has 0 fully saturated rings. The quantitative estimate of drug-likeness (QED) is 0.790. The fourth-order valence-electron chi connectivity index (χ4n) is 2.89. The molecule has 1 N–H and O–H groups in total. The molecule has 4 rings (SSSR count). The first kappa shape index (κ1) is 15.6. The Balaban J connectivity index is 1.45. The topological polar surface area (TPSA) is 82.2 Å². The van der Waals surface area contributed by atoms with Crippen LogP contribution in [0.3, 0.4) is 0 Å². The number of rotatable bonds is 4. The fraction of sp³-hybridized carbons (Fsp3) is 0.278. The minimum Gasteiger partial charge on any atom is -0.465 e. The zero-order chi connectivity index (χ0) is 17.2. The van der Waals surface area contributed by atoms with Gasteiger partial charge in [-0.3, -0.25) is 4.79 Å². The summed E-state index contributed by atoms with van der Waals surface area (Å²) in [6.45, 7) is 3.01. The Morgan fingerprint density at radius 1 is 1.28 bits per heavy atom. The van der Waals surface area contributed by atoms with Crippen molar-refractivity contribution in [1.29, 1.82) is 0 Å². The summed E-state index contributed by atoms with van der Waals surface area (Å²) in [5, 5.41) is 11.0. The van der Waals surface area contributed by atoms with Crippen molar-refractivity contribution in [2.45, 2.75) is 32.7 Å². The van der Waals surface area contributed by atoms with Gasteiger partial charge in [0.25, 0.3) is 5.91 Å². The molecule has 1 aliphatic rings. The van der Waals surface area contributed by atoms with Crippen LogP contribution in [0, 0.1) is 6.92 Å². The molecule has 1 aliphatic heterocycles. The smallest absolute Gasteiger partial charge is 0.274 e. The predicted octanol–water partition coefficient (Wildman–Crippen LogP) is 2.38. The molecule has 1 amide bonds. The first-order valence-electron chi connectivity index (χ1n) is 8.13. The number of ether oxygens (including phenoxy) is 1. The second-order valence-corrected chi connectivity index (χ2v) is 5.97. The Hall–Kier alpha value is -2.93. The van der Waals surface area contributed by atoms with Crippen molar-refractivity contribution in [2.75, 3.05) is 0 Å². The van der Waals surface area contributed by atoms with Gasteiger partial charge in [-0.25, -0.2) is 4.68 Å². The molecule has 1 atom stereocenters. The zero-order valence-electron chi connectivity index (χ0n) is 13.8. The highest BCUT2D eigenvalue weighted by Crippen LogP contribution is 2.26. The molecular weight excluding hydrogens is 320 g/mol. The van der Waals surface area contributed by atoms with Gasteiger partial charge in [0.05, 0.1) is 25.4 Å². The average molecular weight is 338 g/mol. The highest BCUT2D eigenvalue weighted by Gasteiger charge is 2.27. The predicted molar refractivity (Wildman–Crippen MR) is 88.6 cm³/mol. The number of benzene rings is 1. The maximum Gasteiger partial charge on any atom is 0.274 e. The van der Waals surface area contributed by atoms with Gasteiger partial charge >= 0.3 is 0 Å². The van der Waals surface area contributed by atoms with E-state index in [1.807, 2.05) is 49.4 Å². The SMILES string of the molecule is Cc1ccc(CNC(=O)c2nnn3c2COC(c2ccccc2)C3)o1. The van der Waals surface area contributed by atoms with Crippen LogP contribution in [-0.4, -0.2) is 20.9 Å². The second-order valence-electron chi connectivity index (χ2n) is 5.97. The number of amides is 1. The molecule has 0 saturated carbocycles. The number of carbonyl (C=O) groups excluding carboxylic acids is 1. The number of furan rings is 1. The van der Waals surface area contributed by atoms with Crippen LogP contribution in [0.15, 0.2) is 46.9 Å². The number of hydrogen-bond donors (Lipinski definition) is 1. The summed E-state index contributed by atoms with van der Waals surface area (Å²) < 4.78 is 13.1. The van der Waals surface area contributed by atoms with Crippen molar-refractivity contribution in [3.63, 3.8) is 0 Å². The molecule has 0 spiro atoms. The molecule has 2 aromatic heterocycles. The van der Waals surface area contributed by atoms with E-state index >= 15 is 0 Å². The number of nitrogens with one attached hydrogen (secondary N) is 1. The molecule has 0 saturated heterocycles. The lowest BCUT2D eigenvalue weighted by Gasteiger charge is -2.24. The molecule has 128 valence electrons. The van der Waals surface area contributed by atoms with E-state index in [0.29, 0.717) is 36.8 Å². The van der Waals surface area contributed by atoms with Gasteiger partial charge in [0.15, 0.2) is 5.69 Å². The van der Waals surface area contributed by atoms with Crippen LogP contribution in [0.2, 0.25) is 0 Å². The highest BCUT2D eigenvalue weighted by molar-refractivity contribution is 5.93.